The molecule has 0 radical (unpaired) electrons. The molecule has 1 aromatic heterocycles. The lowest BCUT2D eigenvalue weighted by atomic mass is 10.2. The second kappa shape index (κ2) is 7.94. The average Bonchev–Trinajstić information content (AvgIpc) is 3.22. The number of alkyl halides is 3. The fraction of sp³-hybridized carbons (Fsp3) is 0.0952. The number of hydrogen-bond donors (Lipinski definition) is 1. The monoisotopic (exact) mass is 416 g/mol. The van der Waals surface area contributed by atoms with Gasteiger partial charge in [0, 0.05) is 6.20 Å². The number of halogens is 4. The number of aromatic nitrogens is 2. The van der Waals surface area contributed by atoms with Crippen molar-refractivity contribution in [3.05, 3.63) is 90.7 Å². The molecule has 0 unspecified atom stereocenters. The van der Waals surface area contributed by atoms with Crippen LogP contribution in [-0.4, -0.2) is 22.6 Å². The molecule has 0 saturated carbocycles. The molecule has 0 bridgehead atoms. The van der Waals surface area contributed by atoms with E-state index in [1.807, 2.05) is 12.2 Å². The molecule has 30 heavy (non-hydrogen) atoms. The highest BCUT2D eigenvalue weighted by molar-refractivity contribution is 5.69. The molecular formula is C21H16F4N4O. The standard InChI is InChI=1S/C21H16F4N4O/c22-15-3-1-4-17(13-15)29-20(10-11-26-29)19-5-2-12-28(27-19)16-6-8-18(9-7-16)30-14-21(23,24)25/h1-13,27H,14H2. The van der Waals surface area contributed by atoms with Crippen LogP contribution in [-0.2, 0) is 0 Å². The Kier molecular flexibility index (Phi) is 5.18. The predicted octanol–water partition coefficient (Wildman–Crippen LogP) is 4.83. The Labute approximate surface area is 169 Å². The van der Waals surface area contributed by atoms with Gasteiger partial charge in [0.1, 0.15) is 11.6 Å². The summed E-state index contributed by atoms with van der Waals surface area (Å²) in [7, 11) is 0. The number of benzene rings is 2. The van der Waals surface area contributed by atoms with E-state index in [-0.39, 0.29) is 11.6 Å². The highest BCUT2D eigenvalue weighted by atomic mass is 19.4. The van der Waals surface area contributed by atoms with Crippen LogP contribution in [0.25, 0.3) is 11.4 Å². The summed E-state index contributed by atoms with van der Waals surface area (Å²) in [5, 5.41) is 5.97. The molecule has 9 heteroatoms. The van der Waals surface area contributed by atoms with Crippen molar-refractivity contribution in [1.29, 1.82) is 0 Å². The lowest BCUT2D eigenvalue weighted by Gasteiger charge is -2.27. The maximum absolute atomic E-state index is 13.6. The summed E-state index contributed by atoms with van der Waals surface area (Å²) in [6, 6.07) is 14.1. The van der Waals surface area contributed by atoms with Crippen LogP contribution in [0.4, 0.5) is 23.2 Å². The van der Waals surface area contributed by atoms with Crippen LogP contribution in [0.2, 0.25) is 0 Å². The van der Waals surface area contributed by atoms with Crippen molar-refractivity contribution >= 4 is 11.4 Å². The van der Waals surface area contributed by atoms with Gasteiger partial charge in [0.15, 0.2) is 6.61 Å². The zero-order valence-corrected chi connectivity index (χ0v) is 15.5. The minimum absolute atomic E-state index is 0.122. The van der Waals surface area contributed by atoms with Gasteiger partial charge in [-0.1, -0.05) is 6.07 Å². The number of nitrogens with zero attached hydrogens (tertiary/aromatic N) is 3. The van der Waals surface area contributed by atoms with Crippen LogP contribution in [0.1, 0.15) is 5.69 Å². The Morgan fingerprint density at radius 2 is 1.80 bits per heavy atom. The van der Waals surface area contributed by atoms with Crippen molar-refractivity contribution < 1.29 is 22.3 Å². The van der Waals surface area contributed by atoms with E-state index in [9.17, 15) is 17.6 Å². The molecule has 154 valence electrons. The molecule has 0 spiro atoms. The van der Waals surface area contributed by atoms with E-state index < -0.39 is 12.8 Å². The fourth-order valence-electron chi connectivity index (χ4n) is 2.91. The number of hydrazine groups is 1. The largest absolute Gasteiger partial charge is 0.484 e. The molecule has 0 aliphatic carbocycles. The van der Waals surface area contributed by atoms with Gasteiger partial charge in [0.25, 0.3) is 0 Å². The minimum Gasteiger partial charge on any atom is -0.484 e. The number of hydrogen-bond acceptors (Lipinski definition) is 4. The van der Waals surface area contributed by atoms with Crippen molar-refractivity contribution in [3.8, 4) is 11.4 Å². The Bertz CT molecular complexity index is 1090. The summed E-state index contributed by atoms with van der Waals surface area (Å²) >= 11 is 0. The topological polar surface area (TPSA) is 42.3 Å². The van der Waals surface area contributed by atoms with Gasteiger partial charge < -0.3 is 4.74 Å². The highest BCUT2D eigenvalue weighted by Crippen LogP contribution is 2.25. The third-order valence-corrected chi connectivity index (χ3v) is 4.23. The molecule has 5 nitrogen and oxygen atoms in total. The summed E-state index contributed by atoms with van der Waals surface area (Å²) < 4.78 is 56.8. The molecule has 0 saturated heterocycles. The third-order valence-electron chi connectivity index (χ3n) is 4.23. The van der Waals surface area contributed by atoms with Gasteiger partial charge in [-0.05, 0) is 60.7 Å². The second-order valence-corrected chi connectivity index (χ2v) is 6.41. The van der Waals surface area contributed by atoms with Crippen LogP contribution in [0.5, 0.6) is 5.75 Å². The van der Waals surface area contributed by atoms with E-state index >= 15 is 0 Å². The van der Waals surface area contributed by atoms with Gasteiger partial charge in [0.2, 0.25) is 0 Å². The second-order valence-electron chi connectivity index (χ2n) is 6.41. The smallest absolute Gasteiger partial charge is 0.422 e. The van der Waals surface area contributed by atoms with Crippen LogP contribution in [0, 0.1) is 5.82 Å². The molecular weight excluding hydrogens is 400 g/mol. The lowest BCUT2D eigenvalue weighted by molar-refractivity contribution is -0.153. The Balaban J connectivity index is 1.51. The van der Waals surface area contributed by atoms with Crippen molar-refractivity contribution in [2.24, 2.45) is 0 Å². The summed E-state index contributed by atoms with van der Waals surface area (Å²) in [4.78, 5) is 0. The first-order valence-corrected chi connectivity index (χ1v) is 8.93. The van der Waals surface area contributed by atoms with E-state index in [0.29, 0.717) is 22.8 Å². The van der Waals surface area contributed by atoms with Crippen LogP contribution in [0.3, 0.4) is 0 Å². The van der Waals surface area contributed by atoms with Crippen LogP contribution < -0.4 is 15.2 Å². The van der Waals surface area contributed by atoms with Crippen molar-refractivity contribution in [2.75, 3.05) is 11.6 Å². The SMILES string of the molecule is Fc1cccc(-n2nccc2C2=CC=CN(c3ccc(OCC(F)(F)F)cc3)N2)c1. The molecule has 1 N–H and O–H groups in total. The first-order chi connectivity index (χ1) is 14.4. The Hall–Kier alpha value is -3.75. The Morgan fingerprint density at radius 3 is 2.53 bits per heavy atom. The zero-order chi connectivity index (χ0) is 21.1. The van der Waals surface area contributed by atoms with Gasteiger partial charge in [-0.3, -0.25) is 10.4 Å². The molecule has 2 heterocycles. The van der Waals surface area contributed by atoms with E-state index in [0.717, 1.165) is 0 Å². The maximum atomic E-state index is 13.6. The fourth-order valence-corrected chi connectivity index (χ4v) is 2.91. The minimum atomic E-state index is -4.39. The van der Waals surface area contributed by atoms with Gasteiger partial charge in [-0.15, -0.1) is 0 Å². The first kappa shape index (κ1) is 19.6. The van der Waals surface area contributed by atoms with Crippen molar-refractivity contribution in [3.63, 3.8) is 0 Å². The van der Waals surface area contributed by atoms with E-state index in [4.69, 9.17) is 4.74 Å². The molecule has 4 rings (SSSR count). The van der Waals surface area contributed by atoms with Crippen LogP contribution in [0.15, 0.2) is 79.1 Å². The summed E-state index contributed by atoms with van der Waals surface area (Å²) in [5.74, 6) is -0.245. The summed E-state index contributed by atoms with van der Waals surface area (Å²) in [5.41, 5.74) is 5.88. The number of rotatable bonds is 5. The maximum Gasteiger partial charge on any atom is 0.422 e. The normalized spacial score (nSPS) is 13.7. The van der Waals surface area contributed by atoms with E-state index in [1.165, 1.54) is 24.3 Å². The quantitative estimate of drug-likeness (QED) is 0.605. The molecule has 1 aliphatic heterocycles. The highest BCUT2D eigenvalue weighted by Gasteiger charge is 2.28. The van der Waals surface area contributed by atoms with Crippen LogP contribution >= 0.6 is 0 Å². The van der Waals surface area contributed by atoms with E-state index in [2.05, 4.69) is 10.5 Å². The molecule has 2 aromatic carbocycles. The molecule has 0 amide bonds. The number of ether oxygens (including phenoxy) is 1. The summed E-state index contributed by atoms with van der Waals surface area (Å²) in [6.45, 7) is -1.34. The molecule has 0 fully saturated rings. The number of anilines is 1. The molecule has 1 aliphatic rings. The van der Waals surface area contributed by atoms with Crippen molar-refractivity contribution in [2.45, 2.75) is 6.18 Å². The molecule has 0 atom stereocenters. The summed E-state index contributed by atoms with van der Waals surface area (Å²) in [6.07, 6.45) is 2.63. The van der Waals surface area contributed by atoms with Crippen molar-refractivity contribution in [1.82, 2.24) is 15.2 Å². The number of allylic oxidation sites excluding steroid dienone is 2. The lowest BCUT2D eigenvalue weighted by Crippen LogP contribution is -2.34. The molecule has 3 aromatic rings. The van der Waals surface area contributed by atoms with Gasteiger partial charge in [-0.25, -0.2) is 9.07 Å². The van der Waals surface area contributed by atoms with E-state index in [1.54, 1.807) is 52.4 Å². The van der Waals surface area contributed by atoms with Gasteiger partial charge in [-0.2, -0.15) is 18.3 Å². The number of nitrogens with one attached hydrogen (secondary N) is 1. The third kappa shape index (κ3) is 4.45. The predicted molar refractivity (Wildman–Crippen MR) is 104 cm³/mol. The average molecular weight is 416 g/mol. The van der Waals surface area contributed by atoms with Gasteiger partial charge >= 0.3 is 6.18 Å². The first-order valence-electron chi connectivity index (χ1n) is 8.93. The zero-order valence-electron chi connectivity index (χ0n) is 15.5. The van der Waals surface area contributed by atoms with Gasteiger partial charge in [0.05, 0.1) is 29.0 Å². The Morgan fingerprint density at radius 1 is 1.00 bits per heavy atom.